The summed E-state index contributed by atoms with van der Waals surface area (Å²) in [5.41, 5.74) is 1.01. The zero-order valence-corrected chi connectivity index (χ0v) is 18.3. The Morgan fingerprint density at radius 3 is 2.46 bits per heavy atom. The maximum Gasteiger partial charge on any atom is 0.308 e. The number of hydrogen-bond donors (Lipinski definition) is 1. The van der Waals surface area contributed by atoms with Gasteiger partial charge in [-0.1, -0.05) is 6.07 Å². The van der Waals surface area contributed by atoms with Gasteiger partial charge in [0.05, 0.1) is 15.6 Å². The van der Waals surface area contributed by atoms with Crippen molar-refractivity contribution in [3.05, 3.63) is 56.5 Å². The molecule has 0 unspecified atom stereocenters. The molecule has 0 saturated carbocycles. The van der Waals surface area contributed by atoms with Gasteiger partial charge >= 0.3 is 5.97 Å². The molecule has 0 fully saturated rings. The lowest BCUT2D eigenvalue weighted by molar-refractivity contribution is -0.132. The number of carbonyl (C=O) groups is 2. The van der Waals surface area contributed by atoms with Gasteiger partial charge in [-0.25, -0.2) is 0 Å². The van der Waals surface area contributed by atoms with Crippen LogP contribution in [0, 0.1) is 11.3 Å². The molecule has 2 rings (SSSR count). The number of amides is 1. The van der Waals surface area contributed by atoms with Crippen LogP contribution >= 0.6 is 31.9 Å². The van der Waals surface area contributed by atoms with Crippen LogP contribution in [-0.4, -0.2) is 18.5 Å². The van der Waals surface area contributed by atoms with E-state index in [1.165, 1.54) is 13.0 Å². The van der Waals surface area contributed by atoms with Crippen molar-refractivity contribution in [2.45, 2.75) is 13.8 Å². The predicted molar refractivity (Wildman–Crippen MR) is 113 cm³/mol. The zero-order chi connectivity index (χ0) is 20.7. The summed E-state index contributed by atoms with van der Waals surface area (Å²) < 4.78 is 11.5. The Bertz CT molecular complexity index is 957. The van der Waals surface area contributed by atoms with Crippen molar-refractivity contribution in [3.8, 4) is 17.6 Å². The van der Waals surface area contributed by atoms with Crippen LogP contribution < -0.4 is 14.8 Å². The molecule has 0 heterocycles. The van der Waals surface area contributed by atoms with Crippen LogP contribution in [-0.2, 0) is 9.59 Å². The molecule has 144 valence electrons. The van der Waals surface area contributed by atoms with Crippen LogP contribution in [0.2, 0.25) is 0 Å². The van der Waals surface area contributed by atoms with Gasteiger partial charge in [0.1, 0.15) is 17.4 Å². The Morgan fingerprint density at radius 2 is 1.89 bits per heavy atom. The summed E-state index contributed by atoms with van der Waals surface area (Å²) in [6.45, 7) is 3.67. The third kappa shape index (κ3) is 5.94. The van der Waals surface area contributed by atoms with Crippen molar-refractivity contribution >= 4 is 55.5 Å². The lowest BCUT2D eigenvalue weighted by Gasteiger charge is -2.09. The second kappa shape index (κ2) is 10.1. The van der Waals surface area contributed by atoms with Gasteiger partial charge in [0.15, 0.2) is 5.75 Å². The smallest absolute Gasteiger partial charge is 0.308 e. The molecule has 6 nitrogen and oxygen atoms in total. The Hall–Kier alpha value is -2.63. The van der Waals surface area contributed by atoms with Gasteiger partial charge in [-0.05, 0) is 74.7 Å². The molecule has 0 spiro atoms. The lowest BCUT2D eigenvalue weighted by Crippen LogP contribution is -2.13. The number of esters is 1. The van der Waals surface area contributed by atoms with Gasteiger partial charge in [-0.3, -0.25) is 9.59 Å². The number of nitrogens with zero attached hydrogens (tertiary/aromatic N) is 1. The lowest BCUT2D eigenvalue weighted by atomic mass is 10.1. The topological polar surface area (TPSA) is 88.4 Å². The van der Waals surface area contributed by atoms with E-state index in [0.717, 1.165) is 0 Å². The molecule has 0 atom stereocenters. The van der Waals surface area contributed by atoms with E-state index in [1.54, 1.807) is 36.4 Å². The standard InChI is InChI=1S/C20H16Br2N2O4/c1-3-27-16-6-4-5-15(10-16)24-20(26)14(11-23)7-13-8-17(21)19(18(22)9-13)28-12(2)25/h4-10H,3H2,1-2H3,(H,24,26)/b14-7+. The van der Waals surface area contributed by atoms with E-state index in [2.05, 4.69) is 37.2 Å². The normalized spacial score (nSPS) is 10.8. The second-order valence-corrected chi connectivity index (χ2v) is 7.20. The molecule has 0 aromatic heterocycles. The van der Waals surface area contributed by atoms with E-state index >= 15 is 0 Å². The Balaban J connectivity index is 2.26. The average Bonchev–Trinajstić information content (AvgIpc) is 2.63. The van der Waals surface area contributed by atoms with Gasteiger partial charge in [0, 0.05) is 18.7 Å². The molecule has 0 saturated heterocycles. The number of ether oxygens (including phenoxy) is 2. The van der Waals surface area contributed by atoms with Crippen LogP contribution in [0.5, 0.6) is 11.5 Å². The number of rotatable bonds is 6. The van der Waals surface area contributed by atoms with Crippen LogP contribution in [0.3, 0.4) is 0 Å². The maximum atomic E-state index is 12.5. The van der Waals surface area contributed by atoms with Gasteiger partial charge < -0.3 is 14.8 Å². The number of nitriles is 1. The summed E-state index contributed by atoms with van der Waals surface area (Å²) in [6, 6.07) is 12.1. The van der Waals surface area contributed by atoms with Crippen molar-refractivity contribution < 1.29 is 19.1 Å². The Morgan fingerprint density at radius 1 is 1.21 bits per heavy atom. The van der Waals surface area contributed by atoms with Crippen molar-refractivity contribution in [1.82, 2.24) is 0 Å². The first-order chi connectivity index (χ1) is 13.3. The van der Waals surface area contributed by atoms with Crippen LogP contribution in [0.4, 0.5) is 5.69 Å². The fourth-order valence-electron chi connectivity index (χ4n) is 2.25. The fourth-order valence-corrected chi connectivity index (χ4v) is 3.63. The van der Waals surface area contributed by atoms with E-state index < -0.39 is 11.9 Å². The first-order valence-corrected chi connectivity index (χ1v) is 9.76. The number of carbonyl (C=O) groups excluding carboxylic acids is 2. The van der Waals surface area contributed by atoms with Gasteiger partial charge in [0.2, 0.25) is 0 Å². The minimum Gasteiger partial charge on any atom is -0.494 e. The molecule has 0 bridgehead atoms. The zero-order valence-electron chi connectivity index (χ0n) is 15.1. The SMILES string of the molecule is CCOc1cccc(NC(=O)/C(C#N)=C/c2cc(Br)c(OC(C)=O)c(Br)c2)c1. The number of anilines is 1. The molecule has 0 aliphatic rings. The van der Waals surface area contributed by atoms with Crippen LogP contribution in [0.25, 0.3) is 6.08 Å². The molecule has 8 heteroatoms. The number of benzene rings is 2. The monoisotopic (exact) mass is 506 g/mol. The Kier molecular flexibility index (Phi) is 7.79. The van der Waals surface area contributed by atoms with Gasteiger partial charge in [0.25, 0.3) is 5.91 Å². The molecule has 0 radical (unpaired) electrons. The van der Waals surface area contributed by atoms with E-state index in [1.807, 2.05) is 13.0 Å². The molecule has 2 aromatic carbocycles. The predicted octanol–water partition coefficient (Wildman–Crippen LogP) is 5.08. The van der Waals surface area contributed by atoms with Crippen molar-refractivity contribution in [3.63, 3.8) is 0 Å². The van der Waals surface area contributed by atoms with E-state index in [0.29, 0.717) is 38.3 Å². The molecule has 1 N–H and O–H groups in total. The highest BCUT2D eigenvalue weighted by Gasteiger charge is 2.14. The van der Waals surface area contributed by atoms with Crippen LogP contribution in [0.15, 0.2) is 50.9 Å². The summed E-state index contributed by atoms with van der Waals surface area (Å²) in [5, 5.41) is 12.1. The minimum absolute atomic E-state index is 0.0825. The molecule has 0 aliphatic carbocycles. The highest BCUT2D eigenvalue weighted by molar-refractivity contribution is 9.11. The average molecular weight is 508 g/mol. The molecule has 0 aliphatic heterocycles. The minimum atomic E-state index is -0.549. The highest BCUT2D eigenvalue weighted by Crippen LogP contribution is 2.35. The highest BCUT2D eigenvalue weighted by atomic mass is 79.9. The summed E-state index contributed by atoms with van der Waals surface area (Å²) in [4.78, 5) is 23.6. The van der Waals surface area contributed by atoms with Gasteiger partial charge in [-0.15, -0.1) is 0 Å². The van der Waals surface area contributed by atoms with Crippen LogP contribution in [0.1, 0.15) is 19.4 Å². The summed E-state index contributed by atoms with van der Waals surface area (Å²) in [7, 11) is 0. The molecular formula is C20H16Br2N2O4. The van der Waals surface area contributed by atoms with Crippen molar-refractivity contribution in [1.29, 1.82) is 5.26 Å². The molecule has 1 amide bonds. The third-order valence-corrected chi connectivity index (χ3v) is 4.52. The van der Waals surface area contributed by atoms with Gasteiger partial charge in [-0.2, -0.15) is 5.26 Å². The van der Waals surface area contributed by atoms with Crippen molar-refractivity contribution in [2.24, 2.45) is 0 Å². The van der Waals surface area contributed by atoms with E-state index in [9.17, 15) is 14.9 Å². The number of halogens is 2. The summed E-state index contributed by atoms with van der Waals surface area (Å²) in [6.07, 6.45) is 1.44. The number of nitrogens with one attached hydrogen (secondary N) is 1. The Labute approximate surface area is 179 Å². The molecule has 2 aromatic rings. The third-order valence-electron chi connectivity index (χ3n) is 3.35. The largest absolute Gasteiger partial charge is 0.494 e. The first kappa shape index (κ1) is 21.7. The van der Waals surface area contributed by atoms with Crippen molar-refractivity contribution in [2.75, 3.05) is 11.9 Å². The summed E-state index contributed by atoms with van der Waals surface area (Å²) >= 11 is 6.64. The first-order valence-electron chi connectivity index (χ1n) is 8.17. The second-order valence-electron chi connectivity index (χ2n) is 5.49. The molecule has 28 heavy (non-hydrogen) atoms. The maximum absolute atomic E-state index is 12.5. The van der Waals surface area contributed by atoms with E-state index in [4.69, 9.17) is 9.47 Å². The quantitative estimate of drug-likeness (QED) is 0.255. The fraction of sp³-hybridized carbons (Fsp3) is 0.150. The molecular weight excluding hydrogens is 492 g/mol. The van der Waals surface area contributed by atoms with E-state index in [-0.39, 0.29) is 5.57 Å². The number of hydrogen-bond acceptors (Lipinski definition) is 5. The summed E-state index contributed by atoms with van der Waals surface area (Å²) in [5.74, 6) is -0.0689.